The third-order valence-corrected chi connectivity index (χ3v) is 4.07. The Bertz CT molecular complexity index is 348. The van der Waals surface area contributed by atoms with Gasteiger partial charge in [0.2, 0.25) is 0 Å². The van der Waals surface area contributed by atoms with Crippen molar-refractivity contribution in [1.82, 2.24) is 0 Å². The van der Waals surface area contributed by atoms with Crippen molar-refractivity contribution in [3.63, 3.8) is 0 Å². The minimum atomic E-state index is -3.39. The lowest BCUT2D eigenvalue weighted by molar-refractivity contribution is -0.291. The van der Waals surface area contributed by atoms with E-state index in [0.717, 1.165) is 44.8 Å². The van der Waals surface area contributed by atoms with Crippen LogP contribution >= 0.6 is 0 Å². The maximum Gasteiger partial charge on any atom is 0.264 e. The van der Waals surface area contributed by atoms with Crippen LogP contribution in [0, 0.1) is 5.92 Å². The van der Waals surface area contributed by atoms with Gasteiger partial charge in [-0.3, -0.25) is 4.18 Å². The molecule has 1 aliphatic rings. The third-order valence-electron chi connectivity index (χ3n) is 3.50. The Hall–Kier alpha value is -0.170. The molecule has 0 unspecified atom stereocenters. The van der Waals surface area contributed by atoms with Crippen molar-refractivity contribution >= 4 is 10.1 Å². The highest BCUT2D eigenvalue weighted by Gasteiger charge is 2.36. The van der Waals surface area contributed by atoms with E-state index in [4.69, 9.17) is 13.7 Å². The molecule has 0 aromatic carbocycles. The summed E-state index contributed by atoms with van der Waals surface area (Å²) in [6.07, 6.45) is 7.25. The Morgan fingerprint density at radius 1 is 1.10 bits per heavy atom. The van der Waals surface area contributed by atoms with Gasteiger partial charge in [0, 0.05) is 18.8 Å². The van der Waals surface area contributed by atoms with E-state index < -0.39 is 15.9 Å². The fraction of sp³-hybridized carbons (Fsp3) is 1.00. The largest absolute Gasteiger partial charge is 0.349 e. The van der Waals surface area contributed by atoms with Crippen molar-refractivity contribution in [3.8, 4) is 0 Å². The van der Waals surface area contributed by atoms with Crippen molar-refractivity contribution in [3.05, 3.63) is 0 Å². The number of hydrogen-bond donors (Lipinski definition) is 0. The number of rotatable bonds is 9. The number of unbranched alkanes of at least 4 members (excludes halogenated alkanes) is 2. The van der Waals surface area contributed by atoms with Gasteiger partial charge in [0.05, 0.1) is 26.1 Å². The lowest BCUT2D eigenvalue weighted by Crippen LogP contribution is -2.45. The average molecular weight is 308 g/mol. The summed E-state index contributed by atoms with van der Waals surface area (Å²) in [5.41, 5.74) is 0. The molecule has 1 aliphatic heterocycles. The summed E-state index contributed by atoms with van der Waals surface area (Å²) in [5.74, 6) is -0.478. The number of hydrogen-bond acceptors (Lipinski definition) is 5. The van der Waals surface area contributed by atoms with Gasteiger partial charge in [-0.1, -0.05) is 26.7 Å². The van der Waals surface area contributed by atoms with Gasteiger partial charge in [0.15, 0.2) is 5.79 Å². The molecule has 0 spiro atoms. The van der Waals surface area contributed by atoms with Crippen LogP contribution in [0.25, 0.3) is 0 Å². The van der Waals surface area contributed by atoms with Crippen LogP contribution in [-0.4, -0.2) is 40.3 Å². The van der Waals surface area contributed by atoms with Gasteiger partial charge >= 0.3 is 0 Å². The molecule has 0 aliphatic carbocycles. The Morgan fingerprint density at radius 2 is 1.60 bits per heavy atom. The summed E-state index contributed by atoms with van der Waals surface area (Å²) in [7, 11) is -3.39. The molecule has 0 saturated carbocycles. The SMILES string of the molecule is CCCCC1(CCCC)OCC(COS(C)(=O)=O)CO1. The third kappa shape index (κ3) is 6.52. The highest BCUT2D eigenvalue weighted by Crippen LogP contribution is 2.32. The molecule has 0 radical (unpaired) electrons. The summed E-state index contributed by atoms with van der Waals surface area (Å²) in [6.45, 7) is 5.45. The molecule has 1 heterocycles. The van der Waals surface area contributed by atoms with Gasteiger partial charge in [0.1, 0.15) is 0 Å². The normalized spacial score (nSPS) is 20.1. The maximum absolute atomic E-state index is 11.0. The summed E-state index contributed by atoms with van der Waals surface area (Å²) >= 11 is 0. The maximum atomic E-state index is 11.0. The summed E-state index contributed by atoms with van der Waals surface area (Å²) in [5, 5.41) is 0. The van der Waals surface area contributed by atoms with Gasteiger partial charge in [-0.15, -0.1) is 0 Å². The van der Waals surface area contributed by atoms with Crippen molar-refractivity contribution in [2.75, 3.05) is 26.1 Å². The Kier molecular flexibility index (Phi) is 7.43. The van der Waals surface area contributed by atoms with Crippen LogP contribution in [0.5, 0.6) is 0 Å². The molecule has 0 atom stereocenters. The van der Waals surface area contributed by atoms with Crippen molar-refractivity contribution in [2.24, 2.45) is 5.92 Å². The Morgan fingerprint density at radius 3 is 2.00 bits per heavy atom. The Labute approximate surface area is 123 Å². The zero-order chi connectivity index (χ0) is 15.1. The van der Waals surface area contributed by atoms with E-state index in [9.17, 15) is 8.42 Å². The van der Waals surface area contributed by atoms with E-state index in [1.807, 2.05) is 0 Å². The van der Waals surface area contributed by atoms with Crippen LogP contribution in [0.4, 0.5) is 0 Å². The van der Waals surface area contributed by atoms with Gasteiger partial charge in [-0.2, -0.15) is 8.42 Å². The standard InChI is InChI=1S/C14H28O5S/c1-4-6-8-14(9-7-5-2)17-10-13(11-18-14)12-19-20(3,15)16/h13H,4-12H2,1-3H3. The second-order valence-electron chi connectivity index (χ2n) is 5.59. The van der Waals surface area contributed by atoms with Crippen molar-refractivity contribution < 1.29 is 22.1 Å². The molecule has 0 bridgehead atoms. The predicted molar refractivity (Wildman–Crippen MR) is 78.0 cm³/mol. The molecule has 1 saturated heterocycles. The zero-order valence-electron chi connectivity index (χ0n) is 12.9. The van der Waals surface area contributed by atoms with Crippen LogP contribution in [0.15, 0.2) is 0 Å². The van der Waals surface area contributed by atoms with Crippen LogP contribution < -0.4 is 0 Å². The van der Waals surface area contributed by atoms with Gasteiger partial charge in [-0.25, -0.2) is 0 Å². The van der Waals surface area contributed by atoms with E-state index in [2.05, 4.69) is 13.8 Å². The topological polar surface area (TPSA) is 61.8 Å². The van der Waals surface area contributed by atoms with Crippen LogP contribution in [0.2, 0.25) is 0 Å². The van der Waals surface area contributed by atoms with Gasteiger partial charge in [0.25, 0.3) is 10.1 Å². The molecule has 0 aromatic rings. The Balaban J connectivity index is 2.45. The molecule has 0 N–H and O–H groups in total. The summed E-state index contributed by atoms with van der Waals surface area (Å²) < 4.78 is 38.7. The first kappa shape index (κ1) is 17.9. The molecular formula is C14H28O5S. The van der Waals surface area contributed by atoms with E-state index in [0.29, 0.717) is 13.2 Å². The van der Waals surface area contributed by atoms with Crippen LogP contribution in [-0.2, 0) is 23.8 Å². The first-order valence-electron chi connectivity index (χ1n) is 7.53. The average Bonchev–Trinajstić information content (AvgIpc) is 2.41. The molecular weight excluding hydrogens is 280 g/mol. The first-order chi connectivity index (χ1) is 9.41. The van der Waals surface area contributed by atoms with Crippen LogP contribution in [0.1, 0.15) is 52.4 Å². The fourth-order valence-electron chi connectivity index (χ4n) is 2.25. The molecule has 20 heavy (non-hydrogen) atoms. The van der Waals surface area contributed by atoms with Crippen molar-refractivity contribution in [2.45, 2.75) is 58.2 Å². The second kappa shape index (κ2) is 8.32. The minimum absolute atomic E-state index is 0.0129. The summed E-state index contributed by atoms with van der Waals surface area (Å²) in [6, 6.07) is 0. The molecule has 0 amide bonds. The smallest absolute Gasteiger partial charge is 0.264 e. The monoisotopic (exact) mass is 308 g/mol. The molecule has 6 heteroatoms. The van der Waals surface area contributed by atoms with Crippen LogP contribution in [0.3, 0.4) is 0 Å². The summed E-state index contributed by atoms with van der Waals surface area (Å²) in [4.78, 5) is 0. The van der Waals surface area contributed by atoms with E-state index in [1.54, 1.807) is 0 Å². The molecule has 1 fully saturated rings. The fourth-order valence-corrected chi connectivity index (χ4v) is 2.69. The first-order valence-corrected chi connectivity index (χ1v) is 9.35. The molecule has 5 nitrogen and oxygen atoms in total. The van der Waals surface area contributed by atoms with E-state index in [1.165, 1.54) is 0 Å². The van der Waals surface area contributed by atoms with Gasteiger partial charge in [-0.05, 0) is 12.8 Å². The van der Waals surface area contributed by atoms with Crippen molar-refractivity contribution in [1.29, 1.82) is 0 Å². The highest BCUT2D eigenvalue weighted by atomic mass is 32.2. The zero-order valence-corrected chi connectivity index (χ0v) is 13.7. The predicted octanol–water partition coefficient (Wildman–Crippen LogP) is 2.70. The molecule has 0 aromatic heterocycles. The quantitative estimate of drug-likeness (QED) is 0.613. The van der Waals surface area contributed by atoms with E-state index in [-0.39, 0.29) is 12.5 Å². The lowest BCUT2D eigenvalue weighted by atomic mass is 10.00. The number of ether oxygens (including phenoxy) is 2. The highest BCUT2D eigenvalue weighted by molar-refractivity contribution is 7.85. The van der Waals surface area contributed by atoms with E-state index >= 15 is 0 Å². The second-order valence-corrected chi connectivity index (χ2v) is 7.24. The minimum Gasteiger partial charge on any atom is -0.349 e. The van der Waals surface area contributed by atoms with Gasteiger partial charge < -0.3 is 9.47 Å². The lowest BCUT2D eigenvalue weighted by Gasteiger charge is -2.40. The molecule has 120 valence electrons. The molecule has 1 rings (SSSR count).